The molecule has 132 valence electrons. The molecule has 1 aliphatic heterocycles. The summed E-state index contributed by atoms with van der Waals surface area (Å²) in [7, 11) is 1.26. The Morgan fingerprint density at radius 3 is 2.64 bits per heavy atom. The zero-order valence-electron chi connectivity index (χ0n) is 14.4. The third-order valence-corrected chi connectivity index (χ3v) is 4.83. The van der Waals surface area contributed by atoms with Gasteiger partial charge in [-0.3, -0.25) is 4.79 Å². The van der Waals surface area contributed by atoms with Crippen LogP contribution in [0.25, 0.3) is 0 Å². The number of benzene rings is 2. The van der Waals surface area contributed by atoms with Gasteiger partial charge in [0.15, 0.2) is 11.6 Å². The maximum Gasteiger partial charge on any atom is 0.256 e. The number of amides is 1. The maximum atomic E-state index is 14.2. The van der Waals surface area contributed by atoms with Crippen molar-refractivity contribution in [3.63, 3.8) is 0 Å². The number of likely N-dealkylation sites (tertiary alicyclic amines) is 1. The van der Waals surface area contributed by atoms with Crippen LogP contribution in [0.1, 0.15) is 40.2 Å². The number of nitrogens with zero attached hydrogens (tertiary/aromatic N) is 1. The lowest BCUT2D eigenvalue weighted by Gasteiger charge is -2.34. The van der Waals surface area contributed by atoms with Crippen LogP contribution in [0.4, 0.5) is 8.78 Å². The van der Waals surface area contributed by atoms with Crippen molar-refractivity contribution in [3.05, 3.63) is 64.7 Å². The Balaban J connectivity index is 1.83. The topological polar surface area (TPSA) is 29.5 Å². The molecule has 0 bridgehead atoms. The highest BCUT2D eigenvalue weighted by Gasteiger charge is 2.29. The van der Waals surface area contributed by atoms with Gasteiger partial charge in [0.1, 0.15) is 0 Å². The molecule has 1 heterocycles. The van der Waals surface area contributed by atoms with E-state index in [4.69, 9.17) is 4.74 Å². The normalized spacial score (nSPS) is 17.4. The van der Waals surface area contributed by atoms with Crippen molar-refractivity contribution < 1.29 is 18.3 Å². The van der Waals surface area contributed by atoms with E-state index in [0.29, 0.717) is 13.1 Å². The zero-order valence-corrected chi connectivity index (χ0v) is 14.4. The van der Waals surface area contributed by atoms with Crippen LogP contribution in [0.2, 0.25) is 0 Å². The first-order chi connectivity index (χ1) is 12.0. The fourth-order valence-corrected chi connectivity index (χ4v) is 3.49. The molecule has 0 aliphatic carbocycles. The maximum absolute atomic E-state index is 14.2. The fraction of sp³-hybridized carbons (Fsp3) is 0.350. The van der Waals surface area contributed by atoms with Crippen molar-refractivity contribution in [2.75, 3.05) is 20.2 Å². The molecule has 1 atom stereocenters. The highest BCUT2D eigenvalue weighted by atomic mass is 19.2. The van der Waals surface area contributed by atoms with Gasteiger partial charge >= 0.3 is 0 Å². The summed E-state index contributed by atoms with van der Waals surface area (Å²) in [4.78, 5) is 14.3. The van der Waals surface area contributed by atoms with Crippen molar-refractivity contribution in [2.24, 2.45) is 0 Å². The molecule has 1 aliphatic rings. The first kappa shape index (κ1) is 17.4. The number of halogens is 2. The van der Waals surface area contributed by atoms with E-state index >= 15 is 0 Å². The highest BCUT2D eigenvalue weighted by Crippen LogP contribution is 2.31. The van der Waals surface area contributed by atoms with Crippen molar-refractivity contribution in [1.29, 1.82) is 0 Å². The SMILES string of the molecule is COc1ccc(C(=O)N2CCCC(c3ccccc3C)C2)c(F)c1F. The molecule has 1 amide bonds. The summed E-state index contributed by atoms with van der Waals surface area (Å²) in [5, 5.41) is 0. The monoisotopic (exact) mass is 345 g/mol. The molecule has 5 heteroatoms. The minimum atomic E-state index is -1.15. The van der Waals surface area contributed by atoms with Crippen LogP contribution in [0, 0.1) is 18.6 Å². The molecule has 1 unspecified atom stereocenters. The molecule has 0 saturated carbocycles. The number of ether oxygens (including phenoxy) is 1. The van der Waals surface area contributed by atoms with Crippen LogP contribution in [-0.2, 0) is 0 Å². The quantitative estimate of drug-likeness (QED) is 0.830. The smallest absolute Gasteiger partial charge is 0.256 e. The van der Waals surface area contributed by atoms with Crippen LogP contribution < -0.4 is 4.74 Å². The van der Waals surface area contributed by atoms with Crippen molar-refractivity contribution in [1.82, 2.24) is 4.90 Å². The van der Waals surface area contributed by atoms with E-state index in [1.54, 1.807) is 4.90 Å². The van der Waals surface area contributed by atoms with E-state index in [9.17, 15) is 13.6 Å². The second kappa shape index (κ2) is 7.21. The summed E-state index contributed by atoms with van der Waals surface area (Å²) in [6, 6.07) is 10.7. The molecule has 25 heavy (non-hydrogen) atoms. The molecular formula is C20H21F2NO2. The van der Waals surface area contributed by atoms with Gasteiger partial charge in [0.2, 0.25) is 5.82 Å². The Morgan fingerprint density at radius 1 is 1.16 bits per heavy atom. The molecule has 1 fully saturated rings. The summed E-state index contributed by atoms with van der Waals surface area (Å²) in [6.45, 7) is 3.11. The molecule has 0 N–H and O–H groups in total. The largest absolute Gasteiger partial charge is 0.494 e. The van der Waals surface area contributed by atoms with E-state index in [-0.39, 0.29) is 17.2 Å². The minimum Gasteiger partial charge on any atom is -0.494 e. The van der Waals surface area contributed by atoms with Crippen LogP contribution >= 0.6 is 0 Å². The fourth-order valence-electron chi connectivity index (χ4n) is 3.49. The average Bonchev–Trinajstić information content (AvgIpc) is 2.64. The number of piperidine rings is 1. The number of hydrogen-bond donors (Lipinski definition) is 0. The summed E-state index contributed by atoms with van der Waals surface area (Å²) < 4.78 is 32.9. The molecular weight excluding hydrogens is 324 g/mol. The van der Waals surface area contributed by atoms with Gasteiger partial charge in [-0.05, 0) is 43.0 Å². The zero-order chi connectivity index (χ0) is 18.0. The number of carbonyl (C=O) groups is 1. The summed E-state index contributed by atoms with van der Waals surface area (Å²) in [5.41, 5.74) is 2.15. The van der Waals surface area contributed by atoms with E-state index in [2.05, 4.69) is 19.1 Å². The van der Waals surface area contributed by atoms with Gasteiger partial charge in [-0.25, -0.2) is 4.39 Å². The van der Waals surface area contributed by atoms with Gasteiger partial charge < -0.3 is 9.64 Å². The van der Waals surface area contributed by atoms with Gasteiger partial charge in [0.25, 0.3) is 5.91 Å². The Labute approximate surface area is 146 Å². The van der Waals surface area contributed by atoms with Gasteiger partial charge in [-0.1, -0.05) is 24.3 Å². The summed E-state index contributed by atoms with van der Waals surface area (Å²) in [6.07, 6.45) is 1.82. The predicted molar refractivity (Wildman–Crippen MR) is 92.0 cm³/mol. The van der Waals surface area contributed by atoms with E-state index in [0.717, 1.165) is 12.8 Å². The van der Waals surface area contributed by atoms with Gasteiger partial charge in [-0.15, -0.1) is 0 Å². The number of rotatable bonds is 3. The number of aryl methyl sites for hydroxylation is 1. The standard InChI is InChI=1S/C20H21F2NO2/c1-13-6-3-4-8-15(13)14-7-5-11-23(12-14)20(24)16-9-10-17(25-2)19(22)18(16)21/h3-4,6,8-10,14H,5,7,11-12H2,1-2H3. The lowest BCUT2D eigenvalue weighted by atomic mass is 9.88. The van der Waals surface area contributed by atoms with Crippen molar-refractivity contribution in [3.8, 4) is 5.75 Å². The van der Waals surface area contributed by atoms with Crippen LogP contribution in [0.15, 0.2) is 36.4 Å². The lowest BCUT2D eigenvalue weighted by molar-refractivity contribution is 0.0701. The third kappa shape index (κ3) is 3.36. The predicted octanol–water partition coefficient (Wildman–Crippen LogP) is 4.30. The van der Waals surface area contributed by atoms with E-state index < -0.39 is 17.5 Å². The molecule has 0 aromatic heterocycles. The molecule has 1 saturated heterocycles. The van der Waals surface area contributed by atoms with Crippen molar-refractivity contribution in [2.45, 2.75) is 25.7 Å². The number of methoxy groups -OCH3 is 1. The molecule has 2 aromatic rings. The lowest BCUT2D eigenvalue weighted by Crippen LogP contribution is -2.39. The Morgan fingerprint density at radius 2 is 1.92 bits per heavy atom. The summed E-state index contributed by atoms with van der Waals surface area (Å²) in [5.74, 6) is -2.74. The molecule has 0 spiro atoms. The number of carbonyl (C=O) groups excluding carboxylic acids is 1. The Hall–Kier alpha value is -2.43. The first-order valence-corrected chi connectivity index (χ1v) is 8.39. The van der Waals surface area contributed by atoms with Gasteiger partial charge in [0.05, 0.1) is 12.7 Å². The average molecular weight is 345 g/mol. The Bertz CT molecular complexity index is 791. The highest BCUT2D eigenvalue weighted by molar-refractivity contribution is 5.94. The Kier molecular flexibility index (Phi) is 5.02. The first-order valence-electron chi connectivity index (χ1n) is 8.39. The molecule has 3 rings (SSSR count). The van der Waals surface area contributed by atoms with Gasteiger partial charge in [-0.2, -0.15) is 4.39 Å². The summed E-state index contributed by atoms with van der Waals surface area (Å²) >= 11 is 0. The molecule has 0 radical (unpaired) electrons. The second-order valence-electron chi connectivity index (χ2n) is 6.39. The van der Waals surface area contributed by atoms with Crippen molar-refractivity contribution >= 4 is 5.91 Å². The van der Waals surface area contributed by atoms with E-state index in [1.165, 1.54) is 30.4 Å². The number of hydrogen-bond acceptors (Lipinski definition) is 2. The van der Waals surface area contributed by atoms with Crippen LogP contribution in [-0.4, -0.2) is 31.0 Å². The van der Waals surface area contributed by atoms with Gasteiger partial charge in [0, 0.05) is 19.0 Å². The van der Waals surface area contributed by atoms with Crippen LogP contribution in [0.5, 0.6) is 5.75 Å². The van der Waals surface area contributed by atoms with E-state index in [1.807, 2.05) is 12.1 Å². The minimum absolute atomic E-state index is 0.203. The van der Waals surface area contributed by atoms with Crippen LogP contribution in [0.3, 0.4) is 0 Å². The third-order valence-electron chi connectivity index (χ3n) is 4.83. The second-order valence-corrected chi connectivity index (χ2v) is 6.39. The molecule has 3 nitrogen and oxygen atoms in total. The molecule has 2 aromatic carbocycles.